The molecule has 0 aliphatic carbocycles. The highest BCUT2D eigenvalue weighted by molar-refractivity contribution is 6.05. The van der Waals surface area contributed by atoms with Gasteiger partial charge >= 0.3 is 11.4 Å². The lowest BCUT2D eigenvalue weighted by atomic mass is 10.0. The van der Waals surface area contributed by atoms with Gasteiger partial charge in [-0.1, -0.05) is 11.6 Å². The molecule has 3 heterocycles. The molecule has 11 nitrogen and oxygen atoms in total. The summed E-state index contributed by atoms with van der Waals surface area (Å²) in [7, 11) is 3.24. The van der Waals surface area contributed by atoms with Crippen LogP contribution < -0.4 is 21.8 Å². The fourth-order valence-electron chi connectivity index (χ4n) is 5.90. The van der Waals surface area contributed by atoms with Gasteiger partial charge in [-0.15, -0.1) is 0 Å². The van der Waals surface area contributed by atoms with E-state index in [0.29, 0.717) is 78.6 Å². The summed E-state index contributed by atoms with van der Waals surface area (Å²) < 4.78 is 6.08. The second-order valence-corrected chi connectivity index (χ2v) is 10.4. The number of carbonyl (C=O) groups is 2. The van der Waals surface area contributed by atoms with Gasteiger partial charge in [-0.3, -0.25) is 32.7 Å². The Hall–Kier alpha value is -4.41. The highest BCUT2D eigenvalue weighted by atomic mass is 16.2. The Labute approximate surface area is 230 Å². The molecule has 0 bridgehead atoms. The van der Waals surface area contributed by atoms with Crippen LogP contribution in [-0.2, 0) is 24.9 Å². The lowest BCUT2D eigenvalue weighted by Gasteiger charge is -2.33. The van der Waals surface area contributed by atoms with Crippen molar-refractivity contribution in [3.05, 3.63) is 72.8 Å². The van der Waals surface area contributed by atoms with Gasteiger partial charge in [0.15, 0.2) is 0 Å². The van der Waals surface area contributed by atoms with Gasteiger partial charge in [0.25, 0.3) is 11.5 Å². The number of likely N-dealkylation sites (tertiary alicyclic amines) is 1. The van der Waals surface area contributed by atoms with E-state index in [2.05, 4.69) is 0 Å². The molecule has 1 saturated heterocycles. The van der Waals surface area contributed by atoms with Crippen molar-refractivity contribution in [2.75, 3.05) is 25.0 Å². The minimum absolute atomic E-state index is 0.164. The lowest BCUT2D eigenvalue weighted by molar-refractivity contribution is -0.107. The van der Waals surface area contributed by atoms with Crippen LogP contribution in [0.2, 0.25) is 0 Å². The van der Waals surface area contributed by atoms with Crippen molar-refractivity contribution < 1.29 is 9.59 Å². The number of rotatable bonds is 6. The zero-order valence-corrected chi connectivity index (χ0v) is 23.5. The summed E-state index contributed by atoms with van der Waals surface area (Å²) in [5.74, 6) is -0.266. The molecule has 0 unspecified atom stereocenters. The first-order chi connectivity index (χ1) is 19.1. The van der Waals surface area contributed by atoms with Crippen LogP contribution in [0.5, 0.6) is 0 Å². The molecule has 2 amide bonds. The fraction of sp³-hybridized carbons (Fsp3) is 0.414. The highest BCUT2D eigenvalue weighted by Crippen LogP contribution is 2.29. The smallest absolute Gasteiger partial charge is 0.331 e. The van der Waals surface area contributed by atoms with Crippen LogP contribution >= 0.6 is 0 Å². The molecule has 11 heteroatoms. The molecule has 1 aliphatic heterocycles. The maximum atomic E-state index is 13.8. The van der Waals surface area contributed by atoms with Gasteiger partial charge in [-0.05, 0) is 57.9 Å². The number of anilines is 1. The van der Waals surface area contributed by atoms with E-state index in [4.69, 9.17) is 0 Å². The van der Waals surface area contributed by atoms with Crippen LogP contribution in [0.1, 0.15) is 48.7 Å². The number of hydrogen-bond donors (Lipinski definition) is 0. The normalized spacial score (nSPS) is 14.3. The Kier molecular flexibility index (Phi) is 6.99. The van der Waals surface area contributed by atoms with Crippen molar-refractivity contribution >= 4 is 39.9 Å². The Balaban J connectivity index is 1.50. The third kappa shape index (κ3) is 4.16. The number of hydrogen-bond acceptors (Lipinski definition) is 5. The van der Waals surface area contributed by atoms with Gasteiger partial charge in [0.05, 0.1) is 33.2 Å². The van der Waals surface area contributed by atoms with Gasteiger partial charge in [0.2, 0.25) is 6.41 Å². The molecule has 210 valence electrons. The first kappa shape index (κ1) is 27.2. The zero-order chi connectivity index (χ0) is 28.9. The summed E-state index contributed by atoms with van der Waals surface area (Å²) in [5.41, 5.74) is 2.72. The number of imidazole rings is 1. The minimum Gasteiger partial charge on any atom is -0.338 e. The second-order valence-electron chi connectivity index (χ2n) is 10.4. The number of piperidine rings is 1. The molecular weight excluding hydrogens is 512 g/mol. The van der Waals surface area contributed by atoms with Crippen molar-refractivity contribution in [2.24, 2.45) is 7.05 Å². The summed E-state index contributed by atoms with van der Waals surface area (Å²) in [5, 5.41) is 0.497. The first-order valence-electron chi connectivity index (χ1n) is 13.6. The topological polar surface area (TPSA) is 112 Å². The van der Waals surface area contributed by atoms with E-state index >= 15 is 0 Å². The second kappa shape index (κ2) is 10.3. The van der Waals surface area contributed by atoms with Crippen LogP contribution in [0.3, 0.4) is 0 Å². The van der Waals surface area contributed by atoms with Crippen LogP contribution in [0, 0.1) is 6.92 Å². The Bertz CT molecular complexity index is 1830. The number of amides is 2. The van der Waals surface area contributed by atoms with E-state index in [-0.39, 0.29) is 28.9 Å². The molecule has 0 spiro atoms. The summed E-state index contributed by atoms with van der Waals surface area (Å²) in [4.78, 5) is 68.1. The van der Waals surface area contributed by atoms with E-state index in [0.717, 1.165) is 5.56 Å². The van der Waals surface area contributed by atoms with E-state index in [9.17, 15) is 24.0 Å². The first-order valence-corrected chi connectivity index (χ1v) is 13.6. The van der Waals surface area contributed by atoms with Crippen LogP contribution in [0.15, 0.2) is 44.7 Å². The Morgan fingerprint density at radius 3 is 2.17 bits per heavy atom. The number of benzene rings is 2. The third-order valence-corrected chi connectivity index (χ3v) is 8.11. The summed E-state index contributed by atoms with van der Waals surface area (Å²) in [6.07, 6.45) is 1.51. The van der Waals surface area contributed by atoms with E-state index < -0.39 is 0 Å². The van der Waals surface area contributed by atoms with Crippen LogP contribution in [-0.4, -0.2) is 55.6 Å². The molecule has 0 N–H and O–H groups in total. The molecule has 1 aliphatic rings. The average molecular weight is 547 g/mol. The van der Waals surface area contributed by atoms with E-state index in [1.807, 2.05) is 26.8 Å². The van der Waals surface area contributed by atoms with Gasteiger partial charge < -0.3 is 9.80 Å². The highest BCUT2D eigenvalue weighted by Gasteiger charge is 2.30. The Morgan fingerprint density at radius 2 is 1.57 bits per heavy atom. The third-order valence-electron chi connectivity index (χ3n) is 8.11. The summed E-state index contributed by atoms with van der Waals surface area (Å²) >= 11 is 0. The predicted octanol–water partition coefficient (Wildman–Crippen LogP) is 2.23. The maximum Gasteiger partial charge on any atom is 0.331 e. The van der Waals surface area contributed by atoms with Crippen molar-refractivity contribution in [1.29, 1.82) is 0 Å². The Morgan fingerprint density at radius 1 is 0.950 bits per heavy atom. The molecule has 4 aromatic rings. The van der Waals surface area contributed by atoms with Gasteiger partial charge in [0.1, 0.15) is 0 Å². The largest absolute Gasteiger partial charge is 0.338 e. The molecule has 0 radical (unpaired) electrons. The number of aromatic nitrogens is 4. The molecule has 2 aromatic carbocycles. The van der Waals surface area contributed by atoms with Gasteiger partial charge in [-0.25, -0.2) is 9.59 Å². The van der Waals surface area contributed by atoms with Crippen LogP contribution in [0.4, 0.5) is 5.69 Å². The molecule has 40 heavy (non-hydrogen) atoms. The lowest BCUT2D eigenvalue weighted by Crippen LogP contribution is -2.46. The summed E-state index contributed by atoms with van der Waals surface area (Å²) in [6.45, 7) is 7.23. The molecule has 2 aromatic heterocycles. The van der Waals surface area contributed by atoms with Crippen molar-refractivity contribution in [3.63, 3.8) is 0 Å². The summed E-state index contributed by atoms with van der Waals surface area (Å²) in [6, 6.07) is 8.54. The number of aryl methyl sites for hydroxylation is 4. The quantitative estimate of drug-likeness (QED) is 0.345. The fourth-order valence-corrected chi connectivity index (χ4v) is 5.90. The van der Waals surface area contributed by atoms with E-state index in [1.54, 1.807) is 52.4 Å². The average Bonchev–Trinajstić information content (AvgIpc) is 3.23. The molecule has 0 atom stereocenters. The predicted molar refractivity (Wildman–Crippen MR) is 154 cm³/mol. The molecule has 0 saturated carbocycles. The standard InChI is InChI=1S/C29H34N6O5/c1-6-33-24-15-21(23(30(4)17-36)16-25(24)34(7-2)29(33)40)26(37)32-12-10-19(11-13-32)35-27(38)20-14-18(3)8-9-22(20)31(5)28(35)39/h8-9,14-17,19H,6-7,10-13H2,1-5H3. The van der Waals surface area contributed by atoms with E-state index in [1.165, 1.54) is 14.0 Å². The number of fused-ring (bicyclic) bond motifs is 2. The minimum atomic E-state index is -0.371. The van der Waals surface area contributed by atoms with Crippen LogP contribution in [0.25, 0.3) is 21.9 Å². The maximum absolute atomic E-state index is 13.8. The zero-order valence-electron chi connectivity index (χ0n) is 23.5. The van der Waals surface area contributed by atoms with Gasteiger partial charge in [-0.2, -0.15) is 0 Å². The number of nitrogens with zero attached hydrogens (tertiary/aromatic N) is 6. The van der Waals surface area contributed by atoms with Gasteiger partial charge in [0, 0.05) is 46.3 Å². The molecular formula is C29H34N6O5. The van der Waals surface area contributed by atoms with Crippen molar-refractivity contribution in [2.45, 2.75) is 52.7 Å². The monoisotopic (exact) mass is 546 g/mol. The molecule has 5 rings (SSSR count). The number of carbonyl (C=O) groups excluding carboxylic acids is 2. The van der Waals surface area contributed by atoms with Crippen molar-refractivity contribution in [1.82, 2.24) is 23.2 Å². The molecule has 1 fully saturated rings. The van der Waals surface area contributed by atoms with Crippen molar-refractivity contribution in [3.8, 4) is 0 Å². The SMILES string of the molecule is CCn1c(=O)n(CC)c2cc(N(C)C=O)c(C(=O)N3CCC(n4c(=O)c5cc(C)ccc5n(C)c4=O)CC3)cc21.